The van der Waals surface area contributed by atoms with Gasteiger partial charge >= 0.3 is 19.4 Å². The molecule has 1 aromatic carbocycles. The van der Waals surface area contributed by atoms with Gasteiger partial charge in [-0.3, -0.25) is 29.4 Å². The highest BCUT2D eigenvalue weighted by molar-refractivity contribution is 7.52. The standard InChI is InChI=1S/C23H33N4O10P/c1-13-11-27(21(32)25-18(13)30)19-16(28)17(29)23(24,35-19)12-34-38(33,37-15-9-7-6-8-10-15)26-14(2)20(31)36-22(3,4)5/h6-11,14,16-17,19,28-29H,12,24H2,1-5H3,(H,26,33)(H,25,30,32)/t14-,16+,17-,19+,23+,38?/m0/s1. The Balaban J connectivity index is 1.84. The van der Waals surface area contributed by atoms with E-state index in [1.165, 1.54) is 26.0 Å². The summed E-state index contributed by atoms with van der Waals surface area (Å²) in [6.07, 6.45) is -3.92. The predicted molar refractivity (Wildman–Crippen MR) is 134 cm³/mol. The lowest BCUT2D eigenvalue weighted by Crippen LogP contribution is -2.54. The lowest BCUT2D eigenvalue weighted by molar-refractivity contribution is -0.156. The van der Waals surface area contributed by atoms with Crippen LogP contribution in [0, 0.1) is 6.92 Å². The molecule has 1 unspecified atom stereocenters. The molecule has 0 bridgehead atoms. The van der Waals surface area contributed by atoms with Crippen molar-refractivity contribution in [2.24, 2.45) is 5.73 Å². The molecule has 1 saturated heterocycles. The number of nitrogens with one attached hydrogen (secondary N) is 2. The number of aryl methyl sites for hydroxylation is 1. The highest BCUT2D eigenvalue weighted by atomic mass is 31.2. The first-order valence-corrected chi connectivity index (χ1v) is 13.2. The lowest BCUT2D eigenvalue weighted by Gasteiger charge is -2.30. The summed E-state index contributed by atoms with van der Waals surface area (Å²) in [4.78, 5) is 38.6. The van der Waals surface area contributed by atoms with Crippen LogP contribution >= 0.6 is 7.75 Å². The van der Waals surface area contributed by atoms with Crippen molar-refractivity contribution >= 4 is 13.7 Å². The molecule has 0 saturated carbocycles. The van der Waals surface area contributed by atoms with Crippen molar-refractivity contribution < 1.29 is 38.1 Å². The molecule has 15 heteroatoms. The minimum atomic E-state index is -4.39. The fourth-order valence-electron chi connectivity index (χ4n) is 3.50. The molecule has 14 nitrogen and oxygen atoms in total. The van der Waals surface area contributed by atoms with E-state index in [-0.39, 0.29) is 11.3 Å². The Morgan fingerprint density at radius 2 is 1.92 bits per heavy atom. The van der Waals surface area contributed by atoms with E-state index in [1.807, 2.05) is 0 Å². The average molecular weight is 557 g/mol. The maximum atomic E-state index is 13.7. The number of aliphatic hydroxyl groups is 2. The number of ether oxygens (including phenoxy) is 2. The van der Waals surface area contributed by atoms with Gasteiger partial charge in [-0.2, -0.15) is 5.09 Å². The summed E-state index contributed by atoms with van der Waals surface area (Å²) in [5, 5.41) is 23.7. The van der Waals surface area contributed by atoms with Crippen LogP contribution in [0.1, 0.15) is 39.5 Å². The third-order valence-electron chi connectivity index (χ3n) is 5.42. The van der Waals surface area contributed by atoms with Crippen LogP contribution in [-0.4, -0.2) is 61.9 Å². The number of esters is 1. The summed E-state index contributed by atoms with van der Waals surface area (Å²) < 4.78 is 36.5. The Bertz CT molecular complexity index is 1310. The molecule has 0 aliphatic carbocycles. The largest absolute Gasteiger partial charge is 0.459 e. The number of H-pyrrole nitrogens is 1. The third-order valence-corrected chi connectivity index (χ3v) is 7.04. The maximum absolute atomic E-state index is 13.7. The second-order valence-corrected chi connectivity index (χ2v) is 11.6. The van der Waals surface area contributed by atoms with Crippen LogP contribution in [0.15, 0.2) is 46.1 Å². The van der Waals surface area contributed by atoms with E-state index in [0.717, 1.165) is 10.8 Å². The molecule has 0 radical (unpaired) electrons. The second-order valence-electron chi connectivity index (χ2n) is 9.94. The lowest BCUT2D eigenvalue weighted by atomic mass is 10.1. The minimum absolute atomic E-state index is 0.131. The molecule has 2 heterocycles. The fraction of sp³-hybridized carbons (Fsp3) is 0.522. The van der Waals surface area contributed by atoms with Gasteiger partial charge in [0.25, 0.3) is 5.56 Å². The number of para-hydroxylation sites is 1. The number of nitrogens with two attached hydrogens (primary N) is 1. The van der Waals surface area contributed by atoms with Crippen LogP contribution in [0.4, 0.5) is 0 Å². The number of carbonyl (C=O) groups excluding carboxylic acids is 1. The summed E-state index contributed by atoms with van der Waals surface area (Å²) >= 11 is 0. The van der Waals surface area contributed by atoms with E-state index in [9.17, 15) is 29.2 Å². The van der Waals surface area contributed by atoms with Gasteiger partial charge in [-0.05, 0) is 46.8 Å². The number of hydrogen-bond donors (Lipinski definition) is 5. The van der Waals surface area contributed by atoms with Gasteiger partial charge in [0.2, 0.25) is 0 Å². The van der Waals surface area contributed by atoms with Crippen molar-refractivity contribution in [3.05, 3.63) is 62.9 Å². The molecular formula is C23H33N4O10P. The van der Waals surface area contributed by atoms with E-state index in [2.05, 4.69) is 10.1 Å². The average Bonchev–Trinajstić information content (AvgIpc) is 3.04. The number of aliphatic hydroxyl groups excluding tert-OH is 2. The second kappa shape index (κ2) is 11.1. The first-order chi connectivity index (χ1) is 17.5. The van der Waals surface area contributed by atoms with E-state index in [4.69, 9.17) is 24.3 Å². The molecule has 1 fully saturated rings. The van der Waals surface area contributed by atoms with Gasteiger partial charge in [0.1, 0.15) is 36.2 Å². The first-order valence-electron chi connectivity index (χ1n) is 11.7. The van der Waals surface area contributed by atoms with E-state index in [0.29, 0.717) is 0 Å². The Labute approximate surface area is 218 Å². The topological polar surface area (TPSA) is 204 Å². The van der Waals surface area contributed by atoms with Crippen LogP contribution in [0.5, 0.6) is 5.75 Å². The van der Waals surface area contributed by atoms with Gasteiger partial charge in [0.15, 0.2) is 12.0 Å². The monoisotopic (exact) mass is 556 g/mol. The number of aromatic amines is 1. The molecule has 38 heavy (non-hydrogen) atoms. The van der Waals surface area contributed by atoms with Crippen LogP contribution in [0.2, 0.25) is 0 Å². The molecule has 210 valence electrons. The van der Waals surface area contributed by atoms with Crippen LogP contribution in [0.25, 0.3) is 0 Å². The number of nitrogens with zero attached hydrogens (tertiary/aromatic N) is 1. The molecule has 0 amide bonds. The summed E-state index contributed by atoms with van der Waals surface area (Å²) in [6.45, 7) is 7.02. The number of carbonyl (C=O) groups is 1. The van der Waals surface area contributed by atoms with Crippen LogP contribution in [0.3, 0.4) is 0 Å². The van der Waals surface area contributed by atoms with Gasteiger partial charge in [0, 0.05) is 11.8 Å². The van der Waals surface area contributed by atoms with Gasteiger partial charge in [-0.25, -0.2) is 9.36 Å². The molecule has 1 aliphatic rings. The third kappa shape index (κ3) is 6.97. The molecule has 2 aromatic rings. The molecule has 6 N–H and O–H groups in total. The van der Waals surface area contributed by atoms with Gasteiger partial charge in [-0.15, -0.1) is 0 Å². The fourth-order valence-corrected chi connectivity index (χ4v) is 5.03. The van der Waals surface area contributed by atoms with Crippen molar-refractivity contribution in [2.75, 3.05) is 6.61 Å². The zero-order valence-electron chi connectivity index (χ0n) is 21.6. The summed E-state index contributed by atoms with van der Waals surface area (Å²) in [7, 11) is -4.39. The summed E-state index contributed by atoms with van der Waals surface area (Å²) in [6, 6.07) is 6.79. The van der Waals surface area contributed by atoms with Crippen molar-refractivity contribution in [3.63, 3.8) is 0 Å². The molecule has 1 aliphatic heterocycles. The Morgan fingerprint density at radius 1 is 1.29 bits per heavy atom. The van der Waals surface area contributed by atoms with Crippen LogP contribution in [-0.2, 0) is 23.4 Å². The SMILES string of the molecule is Cc1cn([C@@H]2O[C@](N)(COP(=O)(N[C@@H](C)C(=O)OC(C)(C)C)Oc3ccccc3)[C@@H](O)[C@H]2O)c(=O)[nH]c1=O. The van der Waals surface area contributed by atoms with E-state index < -0.39 is 67.4 Å². The molecule has 3 rings (SSSR count). The summed E-state index contributed by atoms with van der Waals surface area (Å²) in [5.41, 5.74) is 1.77. The molecule has 1 aromatic heterocycles. The van der Waals surface area contributed by atoms with Crippen molar-refractivity contribution in [1.82, 2.24) is 14.6 Å². The highest BCUT2D eigenvalue weighted by Gasteiger charge is 2.54. The number of hydrogen-bond acceptors (Lipinski definition) is 11. The predicted octanol–water partition coefficient (Wildman–Crippen LogP) is 0.274. The van der Waals surface area contributed by atoms with Crippen molar-refractivity contribution in [1.29, 1.82) is 0 Å². The number of rotatable bonds is 9. The zero-order chi connectivity index (χ0) is 28.5. The van der Waals surface area contributed by atoms with E-state index >= 15 is 0 Å². The van der Waals surface area contributed by atoms with Crippen molar-refractivity contribution in [3.8, 4) is 5.75 Å². The van der Waals surface area contributed by atoms with Gasteiger partial charge < -0.3 is 24.2 Å². The first kappa shape index (κ1) is 29.7. The Morgan fingerprint density at radius 3 is 2.53 bits per heavy atom. The van der Waals surface area contributed by atoms with Gasteiger partial charge in [-0.1, -0.05) is 18.2 Å². The zero-order valence-corrected chi connectivity index (χ0v) is 22.5. The normalized spacial score (nSPS) is 25.9. The smallest absolute Gasteiger partial charge is 0.459 e. The summed E-state index contributed by atoms with van der Waals surface area (Å²) in [5.74, 6) is -0.604. The van der Waals surface area contributed by atoms with E-state index in [1.54, 1.807) is 39.0 Å². The Hall–Kier alpha value is -2.84. The number of aromatic nitrogens is 2. The highest BCUT2D eigenvalue weighted by Crippen LogP contribution is 2.47. The molecule has 0 spiro atoms. The quantitative estimate of drug-likeness (QED) is 0.209. The maximum Gasteiger partial charge on any atom is 0.459 e. The number of benzene rings is 1. The molecule has 6 atom stereocenters. The minimum Gasteiger partial charge on any atom is -0.459 e. The molecular weight excluding hydrogens is 523 g/mol. The Kier molecular flexibility index (Phi) is 8.68. The van der Waals surface area contributed by atoms with Gasteiger partial charge in [0.05, 0.1) is 0 Å². The van der Waals surface area contributed by atoms with Crippen molar-refractivity contribution in [2.45, 2.75) is 70.4 Å². The van der Waals surface area contributed by atoms with Crippen LogP contribution < -0.4 is 26.6 Å².